The standard InChI is InChI=1S/C31H38N2O5/c1-20(2)10-8-13-21(3)11-6-7-12-22(4)16-17-33-26-18-24(35)19-27(36)30(26)32-29-25(31(33)37)14-9-15-28(29)38-23(5)34/h9-11,14-16,18-19,32,35-36H,6-8,12-13,17H2,1-5H3/b21-11?,22-16+. The first-order chi connectivity index (χ1) is 18.1. The van der Waals surface area contributed by atoms with Gasteiger partial charge in [0.15, 0.2) is 5.75 Å². The Morgan fingerprint density at radius 1 is 0.947 bits per heavy atom. The number of para-hydroxylation sites is 1. The Kier molecular flexibility index (Phi) is 9.77. The van der Waals surface area contributed by atoms with Gasteiger partial charge in [0.1, 0.15) is 17.2 Å². The topological polar surface area (TPSA) is 99.1 Å². The Balaban J connectivity index is 1.79. The number of nitrogens with one attached hydrogen (secondary N) is 1. The van der Waals surface area contributed by atoms with Gasteiger partial charge in [0, 0.05) is 25.6 Å². The average molecular weight is 519 g/mol. The molecule has 0 aromatic heterocycles. The number of benzene rings is 2. The lowest BCUT2D eigenvalue weighted by Crippen LogP contribution is -2.30. The first-order valence-corrected chi connectivity index (χ1v) is 13.0. The third-order valence-corrected chi connectivity index (χ3v) is 6.36. The Morgan fingerprint density at radius 2 is 1.68 bits per heavy atom. The number of esters is 1. The fourth-order valence-corrected chi connectivity index (χ4v) is 4.35. The molecule has 2 aromatic carbocycles. The highest BCUT2D eigenvalue weighted by Crippen LogP contribution is 2.46. The molecule has 7 nitrogen and oxygen atoms in total. The number of aromatic hydroxyl groups is 2. The smallest absolute Gasteiger partial charge is 0.308 e. The fourth-order valence-electron chi connectivity index (χ4n) is 4.35. The van der Waals surface area contributed by atoms with Crippen LogP contribution in [0.2, 0.25) is 0 Å². The highest BCUT2D eigenvalue weighted by Gasteiger charge is 2.30. The number of phenolic OH excluding ortho intramolecular Hbond substituents is 2. The van der Waals surface area contributed by atoms with E-state index in [2.05, 4.69) is 38.2 Å². The van der Waals surface area contributed by atoms with Gasteiger partial charge in [0.2, 0.25) is 0 Å². The van der Waals surface area contributed by atoms with Crippen molar-refractivity contribution in [3.05, 3.63) is 70.8 Å². The second-order valence-corrected chi connectivity index (χ2v) is 9.99. The zero-order chi connectivity index (χ0) is 27.8. The number of allylic oxidation sites excluding steroid dienone is 5. The molecule has 1 aliphatic rings. The first kappa shape index (κ1) is 28.6. The summed E-state index contributed by atoms with van der Waals surface area (Å²) in [5.41, 5.74) is 5.04. The lowest BCUT2D eigenvalue weighted by atomic mass is 10.1. The van der Waals surface area contributed by atoms with Crippen LogP contribution in [-0.4, -0.2) is 28.6 Å². The van der Waals surface area contributed by atoms with Crippen molar-refractivity contribution in [1.29, 1.82) is 0 Å². The second kappa shape index (κ2) is 13.0. The third kappa shape index (κ3) is 7.51. The van der Waals surface area contributed by atoms with E-state index in [0.29, 0.717) is 11.3 Å². The van der Waals surface area contributed by atoms with Crippen LogP contribution in [0.4, 0.5) is 17.1 Å². The number of carbonyl (C=O) groups is 2. The second-order valence-electron chi connectivity index (χ2n) is 9.99. The molecule has 0 saturated carbocycles. The molecule has 202 valence electrons. The van der Waals surface area contributed by atoms with Crippen molar-refractivity contribution >= 4 is 28.9 Å². The molecule has 38 heavy (non-hydrogen) atoms. The third-order valence-electron chi connectivity index (χ3n) is 6.36. The molecule has 0 fully saturated rings. The summed E-state index contributed by atoms with van der Waals surface area (Å²) in [6.07, 6.45) is 11.6. The number of nitrogens with zero attached hydrogens (tertiary/aromatic N) is 1. The van der Waals surface area contributed by atoms with Gasteiger partial charge in [-0.15, -0.1) is 0 Å². The van der Waals surface area contributed by atoms with Crippen molar-refractivity contribution in [1.82, 2.24) is 0 Å². The van der Waals surface area contributed by atoms with Gasteiger partial charge in [-0.05, 0) is 71.9 Å². The van der Waals surface area contributed by atoms with Crippen LogP contribution < -0.4 is 15.0 Å². The maximum absolute atomic E-state index is 13.7. The minimum Gasteiger partial charge on any atom is -0.508 e. The van der Waals surface area contributed by atoms with E-state index in [-0.39, 0.29) is 41.1 Å². The van der Waals surface area contributed by atoms with E-state index in [9.17, 15) is 19.8 Å². The average Bonchev–Trinajstić information content (AvgIpc) is 2.95. The Hall–Kier alpha value is -4.00. The minimum atomic E-state index is -0.527. The SMILES string of the molecule is CC(=O)Oc1cccc2c1Nc1c(O)cc(O)cc1N(C/C=C(\C)CCCC=C(C)CCC=C(C)C)C2=O. The molecule has 3 N–H and O–H groups in total. The van der Waals surface area contributed by atoms with E-state index < -0.39 is 5.97 Å². The molecule has 0 atom stereocenters. The summed E-state index contributed by atoms with van der Waals surface area (Å²) >= 11 is 0. The molecule has 2 aromatic rings. The number of hydrogen-bond donors (Lipinski definition) is 3. The van der Waals surface area contributed by atoms with Crippen LogP contribution >= 0.6 is 0 Å². The van der Waals surface area contributed by atoms with Crippen LogP contribution in [0.3, 0.4) is 0 Å². The number of phenols is 2. The van der Waals surface area contributed by atoms with Crippen LogP contribution in [0.25, 0.3) is 0 Å². The molecule has 0 bridgehead atoms. The van der Waals surface area contributed by atoms with Crippen LogP contribution in [0, 0.1) is 0 Å². The number of amides is 1. The van der Waals surface area contributed by atoms with E-state index in [1.54, 1.807) is 18.2 Å². The van der Waals surface area contributed by atoms with E-state index in [0.717, 1.165) is 37.7 Å². The summed E-state index contributed by atoms with van der Waals surface area (Å²) < 4.78 is 5.31. The summed E-state index contributed by atoms with van der Waals surface area (Å²) in [5.74, 6) is -1.08. The molecule has 3 rings (SSSR count). The summed E-state index contributed by atoms with van der Waals surface area (Å²) in [4.78, 5) is 26.8. The summed E-state index contributed by atoms with van der Waals surface area (Å²) in [7, 11) is 0. The van der Waals surface area contributed by atoms with Gasteiger partial charge in [-0.2, -0.15) is 0 Å². The number of rotatable bonds is 10. The van der Waals surface area contributed by atoms with Gasteiger partial charge in [-0.1, -0.05) is 41.0 Å². The van der Waals surface area contributed by atoms with Crippen molar-refractivity contribution in [2.24, 2.45) is 0 Å². The maximum Gasteiger partial charge on any atom is 0.308 e. The lowest BCUT2D eigenvalue weighted by Gasteiger charge is -2.22. The van der Waals surface area contributed by atoms with Crippen LogP contribution in [0.5, 0.6) is 17.2 Å². The van der Waals surface area contributed by atoms with Crippen molar-refractivity contribution in [3.63, 3.8) is 0 Å². The van der Waals surface area contributed by atoms with Crippen molar-refractivity contribution < 1.29 is 24.5 Å². The highest BCUT2D eigenvalue weighted by atomic mass is 16.5. The molecule has 0 unspecified atom stereocenters. The number of ether oxygens (including phenoxy) is 1. The fraction of sp³-hybridized carbons (Fsp3) is 0.355. The number of unbranched alkanes of at least 4 members (excludes halogenated alkanes) is 1. The van der Waals surface area contributed by atoms with Crippen molar-refractivity contribution in [2.45, 2.75) is 66.7 Å². The first-order valence-electron chi connectivity index (χ1n) is 13.0. The Morgan fingerprint density at radius 3 is 2.39 bits per heavy atom. The maximum atomic E-state index is 13.7. The number of fused-ring (bicyclic) bond motifs is 2. The summed E-state index contributed by atoms with van der Waals surface area (Å²) in [5, 5.41) is 23.9. The van der Waals surface area contributed by atoms with Crippen molar-refractivity contribution in [3.8, 4) is 17.2 Å². The highest BCUT2D eigenvalue weighted by molar-refractivity contribution is 6.15. The quantitative estimate of drug-likeness (QED) is 0.0750. The summed E-state index contributed by atoms with van der Waals surface area (Å²) in [6.45, 7) is 9.98. The van der Waals surface area contributed by atoms with Gasteiger partial charge in [0.25, 0.3) is 5.91 Å². The van der Waals surface area contributed by atoms with Crippen LogP contribution in [0.1, 0.15) is 77.1 Å². The molecule has 7 heteroatoms. The molecular weight excluding hydrogens is 480 g/mol. The monoisotopic (exact) mass is 518 g/mol. The van der Waals surface area contributed by atoms with Crippen molar-refractivity contribution in [2.75, 3.05) is 16.8 Å². The van der Waals surface area contributed by atoms with Gasteiger partial charge in [-0.25, -0.2) is 0 Å². The van der Waals surface area contributed by atoms with E-state index >= 15 is 0 Å². The van der Waals surface area contributed by atoms with Crippen LogP contribution in [0.15, 0.2) is 65.3 Å². The van der Waals surface area contributed by atoms with E-state index in [1.807, 2.05) is 13.0 Å². The molecule has 0 spiro atoms. The Bertz CT molecular complexity index is 1290. The van der Waals surface area contributed by atoms with Gasteiger partial charge in [0.05, 0.1) is 16.9 Å². The molecule has 0 saturated heterocycles. The van der Waals surface area contributed by atoms with E-state index in [4.69, 9.17) is 4.74 Å². The molecule has 0 aliphatic carbocycles. The largest absolute Gasteiger partial charge is 0.508 e. The van der Waals surface area contributed by atoms with Gasteiger partial charge >= 0.3 is 5.97 Å². The summed E-state index contributed by atoms with van der Waals surface area (Å²) in [6, 6.07) is 7.48. The molecule has 0 radical (unpaired) electrons. The number of hydrogen-bond acceptors (Lipinski definition) is 6. The van der Waals surface area contributed by atoms with Gasteiger partial charge < -0.3 is 25.2 Å². The Labute approximate surface area is 225 Å². The predicted molar refractivity (Wildman–Crippen MR) is 153 cm³/mol. The number of anilines is 3. The molecular formula is C31H38N2O5. The zero-order valence-electron chi connectivity index (χ0n) is 22.9. The van der Waals surface area contributed by atoms with E-state index in [1.165, 1.54) is 35.1 Å². The molecule has 1 heterocycles. The number of carbonyl (C=O) groups excluding carboxylic acids is 2. The zero-order valence-corrected chi connectivity index (χ0v) is 22.9. The van der Waals surface area contributed by atoms with Gasteiger partial charge in [-0.3, -0.25) is 9.59 Å². The predicted octanol–water partition coefficient (Wildman–Crippen LogP) is 7.54. The minimum absolute atomic E-state index is 0.167. The molecule has 1 aliphatic heterocycles. The lowest BCUT2D eigenvalue weighted by molar-refractivity contribution is -0.131. The van der Waals surface area contributed by atoms with Crippen LogP contribution in [-0.2, 0) is 4.79 Å². The molecule has 1 amide bonds. The normalized spacial score (nSPS) is 13.3.